The first-order valence-electron chi connectivity index (χ1n) is 10.9. The number of thiazole rings is 1. The number of anilines is 1. The summed E-state index contributed by atoms with van der Waals surface area (Å²) in [6, 6.07) is 22.0. The third-order valence-electron chi connectivity index (χ3n) is 5.84. The smallest absolute Gasteiger partial charge is 0.296 e. The van der Waals surface area contributed by atoms with Crippen LogP contribution in [0.1, 0.15) is 28.3 Å². The molecular formula is C28H22N2O3S. The molecule has 3 aromatic carbocycles. The molecule has 0 radical (unpaired) electrons. The molecule has 2 heterocycles. The standard InChI is InChI=1S/C28H22N2O3S/c1-17-15-18(2)24-22(16-17)34-28(29-24)30-25(20-11-7-4-8-12-20)23(26(32)27(30)33)21(31)14-13-19-9-5-3-6-10-19/h3-16,25,32H,1-2H3. The van der Waals surface area contributed by atoms with Crippen molar-refractivity contribution in [3.05, 3.63) is 112 Å². The third kappa shape index (κ3) is 3.82. The van der Waals surface area contributed by atoms with Crippen LogP contribution in [0.4, 0.5) is 5.13 Å². The van der Waals surface area contributed by atoms with E-state index in [0.717, 1.165) is 32.5 Å². The lowest BCUT2D eigenvalue weighted by Gasteiger charge is -2.24. The molecule has 34 heavy (non-hydrogen) atoms. The molecule has 1 aliphatic heterocycles. The number of hydrogen-bond donors (Lipinski definition) is 1. The molecule has 1 unspecified atom stereocenters. The minimum atomic E-state index is -0.774. The number of aliphatic hydroxyl groups excluding tert-OH is 1. The number of carbonyl (C=O) groups is 2. The monoisotopic (exact) mass is 466 g/mol. The fourth-order valence-electron chi connectivity index (χ4n) is 4.29. The summed E-state index contributed by atoms with van der Waals surface area (Å²) >= 11 is 1.38. The molecule has 1 amide bonds. The number of aromatic nitrogens is 1. The van der Waals surface area contributed by atoms with Gasteiger partial charge in [-0.05, 0) is 48.2 Å². The molecule has 0 saturated carbocycles. The number of amides is 1. The maximum Gasteiger partial charge on any atom is 0.296 e. The SMILES string of the molecule is Cc1cc(C)c2nc(N3C(=O)C(O)=C(C(=O)C=Cc4ccccc4)C3c3ccccc3)sc2c1. The van der Waals surface area contributed by atoms with E-state index >= 15 is 0 Å². The Morgan fingerprint density at radius 1 is 1.03 bits per heavy atom. The average Bonchev–Trinajstić information content (AvgIpc) is 3.37. The van der Waals surface area contributed by atoms with Crippen LogP contribution in [-0.4, -0.2) is 21.8 Å². The van der Waals surface area contributed by atoms with E-state index in [1.54, 1.807) is 6.08 Å². The Hall–Kier alpha value is -4.03. The van der Waals surface area contributed by atoms with Crippen molar-refractivity contribution in [2.24, 2.45) is 0 Å². The second-order valence-electron chi connectivity index (χ2n) is 8.28. The summed E-state index contributed by atoms with van der Waals surface area (Å²) < 4.78 is 0.954. The van der Waals surface area contributed by atoms with Crippen LogP contribution in [0.15, 0.2) is 90.2 Å². The largest absolute Gasteiger partial charge is 0.503 e. The molecule has 0 saturated heterocycles. The normalized spacial score (nSPS) is 16.2. The van der Waals surface area contributed by atoms with Gasteiger partial charge in [-0.15, -0.1) is 0 Å². The van der Waals surface area contributed by atoms with Gasteiger partial charge in [-0.2, -0.15) is 0 Å². The zero-order valence-corrected chi connectivity index (χ0v) is 19.5. The van der Waals surface area contributed by atoms with Crippen LogP contribution in [0.5, 0.6) is 0 Å². The summed E-state index contributed by atoms with van der Waals surface area (Å²) in [6.45, 7) is 4.00. The second kappa shape index (κ2) is 8.72. The van der Waals surface area contributed by atoms with Crippen molar-refractivity contribution in [1.82, 2.24) is 4.98 Å². The number of allylic oxidation sites excluding steroid dienone is 1. The van der Waals surface area contributed by atoms with Gasteiger partial charge < -0.3 is 5.11 Å². The topological polar surface area (TPSA) is 70.5 Å². The van der Waals surface area contributed by atoms with Gasteiger partial charge in [-0.3, -0.25) is 14.5 Å². The van der Waals surface area contributed by atoms with E-state index in [9.17, 15) is 14.7 Å². The lowest BCUT2D eigenvalue weighted by Crippen LogP contribution is -2.30. The third-order valence-corrected chi connectivity index (χ3v) is 6.84. The number of fused-ring (bicyclic) bond motifs is 1. The van der Waals surface area contributed by atoms with Crippen LogP contribution in [0, 0.1) is 13.8 Å². The van der Waals surface area contributed by atoms with E-state index in [2.05, 4.69) is 0 Å². The molecule has 0 spiro atoms. The van der Waals surface area contributed by atoms with Gasteiger partial charge in [0.05, 0.1) is 21.8 Å². The molecule has 0 fully saturated rings. The molecule has 1 aromatic heterocycles. The van der Waals surface area contributed by atoms with Gasteiger partial charge in [-0.25, -0.2) is 4.98 Å². The predicted octanol–water partition coefficient (Wildman–Crippen LogP) is 6.10. The Labute approximate surface area is 201 Å². The van der Waals surface area contributed by atoms with Crippen LogP contribution in [-0.2, 0) is 9.59 Å². The summed E-state index contributed by atoms with van der Waals surface area (Å²) in [5, 5.41) is 11.3. The summed E-state index contributed by atoms with van der Waals surface area (Å²) in [4.78, 5) is 32.8. The molecule has 168 valence electrons. The van der Waals surface area contributed by atoms with Crippen LogP contribution in [0.25, 0.3) is 16.3 Å². The first-order chi connectivity index (χ1) is 16.4. The number of aliphatic hydroxyl groups is 1. The van der Waals surface area contributed by atoms with Gasteiger partial charge in [0, 0.05) is 0 Å². The van der Waals surface area contributed by atoms with Gasteiger partial charge in [-0.1, -0.05) is 84.1 Å². The Morgan fingerprint density at radius 2 is 1.71 bits per heavy atom. The summed E-state index contributed by atoms with van der Waals surface area (Å²) in [7, 11) is 0. The highest BCUT2D eigenvalue weighted by molar-refractivity contribution is 7.22. The summed E-state index contributed by atoms with van der Waals surface area (Å²) in [6.07, 6.45) is 3.08. The molecule has 0 bridgehead atoms. The van der Waals surface area contributed by atoms with E-state index in [-0.39, 0.29) is 5.57 Å². The maximum absolute atomic E-state index is 13.3. The van der Waals surface area contributed by atoms with Gasteiger partial charge in [0.2, 0.25) is 0 Å². The Morgan fingerprint density at radius 3 is 2.41 bits per heavy atom. The van der Waals surface area contributed by atoms with E-state index in [0.29, 0.717) is 5.13 Å². The number of rotatable bonds is 5. The van der Waals surface area contributed by atoms with Crippen molar-refractivity contribution in [3.63, 3.8) is 0 Å². The van der Waals surface area contributed by atoms with E-state index in [4.69, 9.17) is 4.98 Å². The zero-order chi connectivity index (χ0) is 23.8. The highest BCUT2D eigenvalue weighted by Crippen LogP contribution is 2.44. The number of hydrogen-bond acceptors (Lipinski definition) is 5. The summed E-state index contributed by atoms with van der Waals surface area (Å²) in [5.41, 5.74) is 4.56. The number of carbonyl (C=O) groups excluding carboxylic acids is 2. The predicted molar refractivity (Wildman–Crippen MR) is 136 cm³/mol. The second-order valence-corrected chi connectivity index (χ2v) is 9.29. The molecule has 4 aromatic rings. The molecule has 6 heteroatoms. The van der Waals surface area contributed by atoms with E-state index < -0.39 is 23.5 Å². The van der Waals surface area contributed by atoms with Crippen LogP contribution >= 0.6 is 11.3 Å². The fraction of sp³-hybridized carbons (Fsp3) is 0.107. The Balaban J connectivity index is 1.61. The van der Waals surface area contributed by atoms with Crippen LogP contribution in [0.3, 0.4) is 0 Å². The molecular weight excluding hydrogens is 444 g/mol. The highest BCUT2D eigenvalue weighted by atomic mass is 32.1. The van der Waals surface area contributed by atoms with Crippen molar-refractivity contribution in [1.29, 1.82) is 0 Å². The van der Waals surface area contributed by atoms with E-state index in [1.807, 2.05) is 86.6 Å². The van der Waals surface area contributed by atoms with Gasteiger partial charge in [0.15, 0.2) is 16.7 Å². The van der Waals surface area contributed by atoms with Crippen molar-refractivity contribution in [2.75, 3.05) is 4.90 Å². The van der Waals surface area contributed by atoms with Gasteiger partial charge >= 0.3 is 0 Å². The zero-order valence-electron chi connectivity index (χ0n) is 18.7. The van der Waals surface area contributed by atoms with Crippen LogP contribution in [0.2, 0.25) is 0 Å². The van der Waals surface area contributed by atoms with E-state index in [1.165, 1.54) is 22.3 Å². The molecule has 5 nitrogen and oxygen atoms in total. The number of ketones is 1. The summed E-state index contributed by atoms with van der Waals surface area (Å²) in [5.74, 6) is -1.58. The Bertz CT molecular complexity index is 1470. The van der Waals surface area contributed by atoms with Gasteiger partial charge in [0.25, 0.3) is 5.91 Å². The molecule has 5 rings (SSSR count). The van der Waals surface area contributed by atoms with Gasteiger partial charge in [0.1, 0.15) is 0 Å². The minimum absolute atomic E-state index is 0.0514. The van der Waals surface area contributed by atoms with Crippen molar-refractivity contribution in [2.45, 2.75) is 19.9 Å². The number of nitrogens with zero attached hydrogens (tertiary/aromatic N) is 2. The minimum Gasteiger partial charge on any atom is -0.503 e. The first-order valence-corrected chi connectivity index (χ1v) is 11.7. The number of benzene rings is 3. The highest BCUT2D eigenvalue weighted by Gasteiger charge is 2.45. The molecule has 1 N–H and O–H groups in total. The average molecular weight is 467 g/mol. The Kier molecular flexibility index (Phi) is 5.59. The molecule has 1 atom stereocenters. The van der Waals surface area contributed by atoms with Crippen molar-refractivity contribution < 1.29 is 14.7 Å². The lowest BCUT2D eigenvalue weighted by molar-refractivity contribution is -0.117. The van der Waals surface area contributed by atoms with Crippen molar-refractivity contribution in [3.8, 4) is 0 Å². The van der Waals surface area contributed by atoms with Crippen molar-refractivity contribution >= 4 is 44.5 Å². The van der Waals surface area contributed by atoms with Crippen LogP contribution < -0.4 is 4.90 Å². The lowest BCUT2D eigenvalue weighted by atomic mass is 9.96. The first kappa shape index (κ1) is 21.8. The molecule has 1 aliphatic rings. The maximum atomic E-state index is 13.3. The fourth-order valence-corrected chi connectivity index (χ4v) is 5.46. The number of aryl methyl sites for hydroxylation is 2. The molecule has 0 aliphatic carbocycles. The quantitative estimate of drug-likeness (QED) is 0.361.